The molecular formula is C19H22N2O4. The minimum absolute atomic E-state index is 0.0947. The van der Waals surface area contributed by atoms with Crippen LogP contribution in [0.3, 0.4) is 0 Å². The van der Waals surface area contributed by atoms with E-state index in [0.717, 1.165) is 5.56 Å². The largest absolute Gasteiger partial charge is 0.468 e. The zero-order chi connectivity index (χ0) is 18.0. The predicted molar refractivity (Wildman–Crippen MR) is 91.3 cm³/mol. The van der Waals surface area contributed by atoms with Crippen LogP contribution >= 0.6 is 0 Å². The number of piperidine rings is 1. The van der Waals surface area contributed by atoms with E-state index in [1.165, 1.54) is 7.11 Å². The van der Waals surface area contributed by atoms with Gasteiger partial charge in [-0.2, -0.15) is 0 Å². The van der Waals surface area contributed by atoms with Crippen molar-refractivity contribution in [1.29, 1.82) is 0 Å². The van der Waals surface area contributed by atoms with Crippen LogP contribution in [0.4, 0.5) is 0 Å². The molecule has 132 valence electrons. The number of amides is 1. The Kier molecular flexibility index (Phi) is 4.61. The van der Waals surface area contributed by atoms with Gasteiger partial charge >= 0.3 is 5.97 Å². The Balaban J connectivity index is 1.83. The number of hydrogen-bond donors (Lipinski definition) is 0. The van der Waals surface area contributed by atoms with Crippen LogP contribution in [0.1, 0.15) is 40.2 Å². The highest BCUT2D eigenvalue weighted by atomic mass is 16.5. The second-order valence-electron chi connectivity index (χ2n) is 6.43. The Labute approximate surface area is 146 Å². The molecule has 0 bridgehead atoms. The highest BCUT2D eigenvalue weighted by Crippen LogP contribution is 2.37. The van der Waals surface area contributed by atoms with E-state index in [-0.39, 0.29) is 11.9 Å². The van der Waals surface area contributed by atoms with Crippen molar-refractivity contribution in [1.82, 2.24) is 10.1 Å². The molecule has 1 aromatic heterocycles. The molecule has 0 atom stereocenters. The molecule has 0 aliphatic carbocycles. The standard InChI is InChI=1S/C19H22N2O4/c1-13-16(14(2)25-20-13)17(22)21-11-9-19(10-12-21,18(23)24-3)15-7-5-4-6-8-15/h4-8H,9-12H2,1-3H3. The van der Waals surface area contributed by atoms with Gasteiger partial charge in [-0.3, -0.25) is 9.59 Å². The number of carbonyl (C=O) groups excluding carboxylic acids is 2. The van der Waals surface area contributed by atoms with Gasteiger partial charge in [-0.05, 0) is 32.3 Å². The van der Waals surface area contributed by atoms with Crippen LogP contribution in [0.2, 0.25) is 0 Å². The average molecular weight is 342 g/mol. The van der Waals surface area contributed by atoms with E-state index >= 15 is 0 Å². The van der Waals surface area contributed by atoms with Crippen LogP contribution in [-0.2, 0) is 14.9 Å². The lowest BCUT2D eigenvalue weighted by molar-refractivity contribution is -0.149. The number of hydrogen-bond acceptors (Lipinski definition) is 5. The summed E-state index contributed by atoms with van der Waals surface area (Å²) in [7, 11) is 1.41. The van der Waals surface area contributed by atoms with E-state index in [9.17, 15) is 9.59 Å². The van der Waals surface area contributed by atoms with Crippen LogP contribution in [0.5, 0.6) is 0 Å². The number of benzene rings is 1. The second-order valence-corrected chi connectivity index (χ2v) is 6.43. The van der Waals surface area contributed by atoms with E-state index in [1.807, 2.05) is 30.3 Å². The molecule has 1 aromatic carbocycles. The van der Waals surface area contributed by atoms with Gasteiger partial charge < -0.3 is 14.2 Å². The maximum Gasteiger partial charge on any atom is 0.316 e. The van der Waals surface area contributed by atoms with E-state index in [4.69, 9.17) is 9.26 Å². The number of esters is 1. The summed E-state index contributed by atoms with van der Waals surface area (Å²) in [5, 5.41) is 3.85. The Hall–Kier alpha value is -2.63. The van der Waals surface area contributed by atoms with E-state index in [1.54, 1.807) is 18.7 Å². The summed E-state index contributed by atoms with van der Waals surface area (Å²) in [6, 6.07) is 9.65. The lowest BCUT2D eigenvalue weighted by Gasteiger charge is -2.40. The van der Waals surface area contributed by atoms with Crippen molar-refractivity contribution in [3.63, 3.8) is 0 Å². The molecule has 1 fully saturated rings. The van der Waals surface area contributed by atoms with Crippen LogP contribution in [-0.4, -0.2) is 42.1 Å². The minimum atomic E-state index is -0.703. The number of aryl methyl sites for hydroxylation is 2. The molecule has 0 spiro atoms. The predicted octanol–water partition coefficient (Wildman–Crippen LogP) is 2.64. The smallest absolute Gasteiger partial charge is 0.316 e. The van der Waals surface area contributed by atoms with Crippen LogP contribution < -0.4 is 0 Å². The van der Waals surface area contributed by atoms with Crippen LogP contribution in [0.25, 0.3) is 0 Å². The summed E-state index contributed by atoms with van der Waals surface area (Å²) in [5.74, 6) is 0.182. The van der Waals surface area contributed by atoms with Gasteiger partial charge in [-0.1, -0.05) is 35.5 Å². The first-order chi connectivity index (χ1) is 12.0. The maximum absolute atomic E-state index is 12.8. The quantitative estimate of drug-likeness (QED) is 0.802. The topological polar surface area (TPSA) is 72.6 Å². The normalized spacial score (nSPS) is 16.5. The van der Waals surface area contributed by atoms with Crippen molar-refractivity contribution < 1.29 is 18.8 Å². The molecule has 0 saturated carbocycles. The number of aromatic nitrogens is 1. The van der Waals surface area contributed by atoms with Crippen molar-refractivity contribution in [3.05, 3.63) is 52.9 Å². The average Bonchev–Trinajstić information content (AvgIpc) is 2.99. The third-order valence-electron chi connectivity index (χ3n) is 5.05. The highest BCUT2D eigenvalue weighted by Gasteiger charge is 2.45. The van der Waals surface area contributed by atoms with Gasteiger partial charge in [0.05, 0.1) is 18.2 Å². The molecule has 1 saturated heterocycles. The zero-order valence-electron chi connectivity index (χ0n) is 14.7. The van der Waals surface area contributed by atoms with Crippen molar-refractivity contribution in [3.8, 4) is 0 Å². The number of likely N-dealkylation sites (tertiary alicyclic amines) is 1. The molecule has 2 aromatic rings. The number of nitrogens with zero attached hydrogens (tertiary/aromatic N) is 2. The van der Waals surface area contributed by atoms with E-state index in [2.05, 4.69) is 5.16 Å². The lowest BCUT2D eigenvalue weighted by atomic mass is 9.72. The highest BCUT2D eigenvalue weighted by molar-refractivity contribution is 5.96. The van der Waals surface area contributed by atoms with Crippen LogP contribution in [0, 0.1) is 13.8 Å². The van der Waals surface area contributed by atoms with E-state index in [0.29, 0.717) is 42.9 Å². The summed E-state index contributed by atoms with van der Waals surface area (Å²) in [6.45, 7) is 4.45. The van der Waals surface area contributed by atoms with Crippen molar-refractivity contribution >= 4 is 11.9 Å². The lowest BCUT2D eigenvalue weighted by Crippen LogP contribution is -2.49. The third-order valence-corrected chi connectivity index (χ3v) is 5.05. The molecule has 0 radical (unpaired) electrons. The summed E-state index contributed by atoms with van der Waals surface area (Å²) < 4.78 is 10.2. The fraction of sp³-hybridized carbons (Fsp3) is 0.421. The first-order valence-electron chi connectivity index (χ1n) is 8.35. The summed E-state index contributed by atoms with van der Waals surface area (Å²) in [4.78, 5) is 27.1. The Morgan fingerprint density at radius 2 is 1.80 bits per heavy atom. The van der Waals surface area contributed by atoms with Gasteiger partial charge in [0.1, 0.15) is 11.3 Å². The molecular weight excluding hydrogens is 320 g/mol. The summed E-state index contributed by atoms with van der Waals surface area (Å²) in [6.07, 6.45) is 1.05. The zero-order valence-corrected chi connectivity index (χ0v) is 14.7. The van der Waals surface area contributed by atoms with Crippen molar-refractivity contribution in [2.24, 2.45) is 0 Å². The molecule has 1 aliphatic rings. The Morgan fingerprint density at radius 3 is 2.32 bits per heavy atom. The number of rotatable bonds is 3. The molecule has 3 rings (SSSR count). The molecule has 0 N–H and O–H groups in total. The fourth-order valence-corrected chi connectivity index (χ4v) is 3.60. The molecule has 25 heavy (non-hydrogen) atoms. The minimum Gasteiger partial charge on any atom is -0.468 e. The Bertz CT molecular complexity index is 754. The first-order valence-corrected chi connectivity index (χ1v) is 8.35. The molecule has 0 unspecified atom stereocenters. The van der Waals surface area contributed by atoms with Crippen LogP contribution in [0.15, 0.2) is 34.9 Å². The number of ether oxygens (including phenoxy) is 1. The SMILES string of the molecule is COC(=O)C1(c2ccccc2)CCN(C(=O)c2c(C)noc2C)CC1. The van der Waals surface area contributed by atoms with Gasteiger partial charge in [-0.25, -0.2) is 0 Å². The number of methoxy groups -OCH3 is 1. The van der Waals surface area contributed by atoms with Crippen molar-refractivity contribution in [2.45, 2.75) is 32.1 Å². The second kappa shape index (κ2) is 6.70. The van der Waals surface area contributed by atoms with Gasteiger partial charge in [0.25, 0.3) is 5.91 Å². The fourth-order valence-electron chi connectivity index (χ4n) is 3.60. The molecule has 2 heterocycles. The first kappa shape index (κ1) is 17.2. The van der Waals surface area contributed by atoms with Gasteiger partial charge in [0, 0.05) is 13.1 Å². The van der Waals surface area contributed by atoms with E-state index < -0.39 is 5.41 Å². The van der Waals surface area contributed by atoms with Gasteiger partial charge in [0.15, 0.2) is 0 Å². The maximum atomic E-state index is 12.8. The monoisotopic (exact) mass is 342 g/mol. The summed E-state index contributed by atoms with van der Waals surface area (Å²) >= 11 is 0. The van der Waals surface area contributed by atoms with Gasteiger partial charge in [0.2, 0.25) is 0 Å². The Morgan fingerprint density at radius 1 is 1.16 bits per heavy atom. The van der Waals surface area contributed by atoms with Gasteiger partial charge in [-0.15, -0.1) is 0 Å². The molecule has 6 nitrogen and oxygen atoms in total. The molecule has 1 amide bonds. The molecule has 6 heteroatoms. The van der Waals surface area contributed by atoms with Crippen molar-refractivity contribution in [2.75, 3.05) is 20.2 Å². The third kappa shape index (κ3) is 2.92. The number of carbonyl (C=O) groups is 2. The molecule has 1 aliphatic heterocycles. The summed E-state index contributed by atoms with van der Waals surface area (Å²) in [5.41, 5.74) is 1.35.